The number of benzene rings is 2. The molecular formula is C22H20N4O3S. The summed E-state index contributed by atoms with van der Waals surface area (Å²) in [4.78, 5) is 44.9. The molecule has 2 aromatic carbocycles. The van der Waals surface area contributed by atoms with Crippen molar-refractivity contribution in [3.8, 4) is 0 Å². The molecule has 3 aromatic rings. The summed E-state index contributed by atoms with van der Waals surface area (Å²) in [5.41, 5.74) is 2.53. The fraction of sp³-hybridized carbons (Fsp3) is 0.182. The number of fused-ring (bicyclic) bond motifs is 1. The lowest BCUT2D eigenvalue weighted by atomic mass is 9.92. The number of nitrogens with one attached hydrogen (secondary N) is 3. The average molecular weight is 420 g/mol. The second-order valence-corrected chi connectivity index (χ2v) is 8.03. The number of anilines is 2. The molecule has 0 fully saturated rings. The van der Waals surface area contributed by atoms with Crippen molar-refractivity contribution in [1.82, 2.24) is 9.97 Å². The first-order chi connectivity index (χ1) is 14.5. The van der Waals surface area contributed by atoms with Crippen molar-refractivity contribution in [1.29, 1.82) is 0 Å². The number of hydrogen-bond donors (Lipinski definition) is 3. The van der Waals surface area contributed by atoms with Crippen molar-refractivity contribution in [3.63, 3.8) is 0 Å². The molecule has 1 unspecified atom stereocenters. The normalized spacial score (nSPS) is 15.2. The lowest BCUT2D eigenvalue weighted by Crippen LogP contribution is -2.36. The van der Waals surface area contributed by atoms with Gasteiger partial charge in [0.15, 0.2) is 5.16 Å². The van der Waals surface area contributed by atoms with Gasteiger partial charge < -0.3 is 15.6 Å². The van der Waals surface area contributed by atoms with Gasteiger partial charge in [-0.3, -0.25) is 14.4 Å². The molecule has 30 heavy (non-hydrogen) atoms. The fourth-order valence-electron chi connectivity index (χ4n) is 3.24. The maximum atomic E-state index is 12.8. The minimum atomic E-state index is -0.903. The highest BCUT2D eigenvalue weighted by Crippen LogP contribution is 2.31. The average Bonchev–Trinajstić information content (AvgIpc) is 2.73. The molecule has 3 N–H and O–H groups in total. The first-order valence-electron chi connectivity index (χ1n) is 9.48. The molecule has 0 saturated heterocycles. The van der Waals surface area contributed by atoms with Gasteiger partial charge in [0.05, 0.1) is 11.5 Å². The first-order valence-corrected chi connectivity index (χ1v) is 10.5. The highest BCUT2D eigenvalue weighted by atomic mass is 32.2. The number of nitrogens with zero attached hydrogens (tertiary/aromatic N) is 1. The molecule has 1 atom stereocenters. The van der Waals surface area contributed by atoms with E-state index in [2.05, 4.69) is 20.6 Å². The van der Waals surface area contributed by atoms with E-state index in [-0.39, 0.29) is 23.7 Å². The van der Waals surface area contributed by atoms with Crippen molar-refractivity contribution < 1.29 is 9.59 Å². The van der Waals surface area contributed by atoms with Gasteiger partial charge in [0.2, 0.25) is 11.8 Å². The number of hydrogen-bond acceptors (Lipinski definition) is 5. The molecule has 1 aliphatic heterocycles. The maximum absolute atomic E-state index is 12.8. The number of thioether (sulfide) groups is 1. The summed E-state index contributed by atoms with van der Waals surface area (Å²) < 4.78 is 0. The summed E-state index contributed by atoms with van der Waals surface area (Å²) in [7, 11) is 0. The molecule has 0 bridgehead atoms. The quantitative estimate of drug-likeness (QED) is 0.433. The molecule has 7 nitrogen and oxygen atoms in total. The molecular weight excluding hydrogens is 400 g/mol. The lowest BCUT2D eigenvalue weighted by Gasteiger charge is -2.23. The first kappa shape index (κ1) is 19.9. The topological polar surface area (TPSA) is 104 Å². The van der Waals surface area contributed by atoms with Crippen LogP contribution in [0.2, 0.25) is 0 Å². The van der Waals surface area contributed by atoms with Crippen LogP contribution in [0.5, 0.6) is 0 Å². The minimum Gasteiger partial charge on any atom is -0.326 e. The summed E-state index contributed by atoms with van der Waals surface area (Å²) in [6.45, 7) is 1.95. The van der Waals surface area contributed by atoms with E-state index in [1.54, 1.807) is 12.1 Å². The van der Waals surface area contributed by atoms with Crippen LogP contribution in [0.3, 0.4) is 0 Å². The molecule has 2 amide bonds. The van der Waals surface area contributed by atoms with Crippen LogP contribution in [0.1, 0.15) is 29.0 Å². The van der Waals surface area contributed by atoms with Crippen LogP contribution < -0.4 is 16.2 Å². The third kappa shape index (κ3) is 4.44. The lowest BCUT2D eigenvalue weighted by molar-refractivity contribution is -0.123. The Labute approximate surface area is 177 Å². The second kappa shape index (κ2) is 8.54. The standard InChI is InChI=1S/C22H20N4O3S/c1-13-7-9-15(10-8-13)23-20(28)16-11-17(27)24-19-18(16)21(29)26-22(25-19)30-12-14-5-3-2-4-6-14/h2-10,16H,11-12H2,1H3,(H,23,28)(H2,24,25,26,27,29). The zero-order chi connectivity index (χ0) is 21.1. The Kier molecular flexibility index (Phi) is 5.67. The SMILES string of the molecule is Cc1ccc(NC(=O)C2CC(=O)Nc3nc(SCc4ccccc4)[nH]c(=O)c32)cc1. The molecule has 0 spiro atoms. The van der Waals surface area contributed by atoms with Crippen LogP contribution in [-0.4, -0.2) is 21.8 Å². The molecule has 0 aliphatic carbocycles. The van der Waals surface area contributed by atoms with E-state index in [1.165, 1.54) is 11.8 Å². The summed E-state index contributed by atoms with van der Waals surface area (Å²) in [5, 5.41) is 5.81. The number of rotatable bonds is 5. The van der Waals surface area contributed by atoms with Gasteiger partial charge in [-0.15, -0.1) is 0 Å². The highest BCUT2D eigenvalue weighted by Gasteiger charge is 2.34. The van der Waals surface area contributed by atoms with Crippen molar-refractivity contribution >= 4 is 35.1 Å². The summed E-state index contributed by atoms with van der Waals surface area (Å²) in [6.07, 6.45) is -0.105. The Morgan fingerprint density at radius 2 is 1.87 bits per heavy atom. The number of carbonyl (C=O) groups excluding carboxylic acids is 2. The van der Waals surface area contributed by atoms with E-state index < -0.39 is 17.4 Å². The Hall–Kier alpha value is -3.39. The van der Waals surface area contributed by atoms with Crippen LogP contribution >= 0.6 is 11.8 Å². The predicted octanol–water partition coefficient (Wildman–Crippen LogP) is 3.44. The summed E-state index contributed by atoms with van der Waals surface area (Å²) in [6, 6.07) is 17.1. The molecule has 4 rings (SSSR count). The number of aromatic amines is 1. The molecule has 0 radical (unpaired) electrons. The third-order valence-electron chi connectivity index (χ3n) is 4.78. The largest absolute Gasteiger partial charge is 0.326 e. The van der Waals surface area contributed by atoms with E-state index in [9.17, 15) is 14.4 Å². The molecule has 1 aromatic heterocycles. The van der Waals surface area contributed by atoms with Gasteiger partial charge in [0.25, 0.3) is 5.56 Å². The van der Waals surface area contributed by atoms with E-state index in [4.69, 9.17) is 0 Å². The minimum absolute atomic E-state index is 0.105. The molecule has 1 aliphatic rings. The Balaban J connectivity index is 1.57. The van der Waals surface area contributed by atoms with Crippen LogP contribution in [0.4, 0.5) is 11.5 Å². The highest BCUT2D eigenvalue weighted by molar-refractivity contribution is 7.98. The predicted molar refractivity (Wildman–Crippen MR) is 117 cm³/mol. The Bertz CT molecular complexity index is 1140. The van der Waals surface area contributed by atoms with Gasteiger partial charge in [-0.2, -0.15) is 0 Å². The van der Waals surface area contributed by atoms with Gasteiger partial charge in [-0.25, -0.2) is 4.98 Å². The fourth-order valence-corrected chi connectivity index (χ4v) is 4.05. The van der Waals surface area contributed by atoms with Gasteiger partial charge in [-0.05, 0) is 24.6 Å². The van der Waals surface area contributed by atoms with Crippen molar-refractivity contribution in [2.24, 2.45) is 0 Å². The number of H-pyrrole nitrogens is 1. The monoisotopic (exact) mass is 420 g/mol. The van der Waals surface area contributed by atoms with Crippen LogP contribution in [-0.2, 0) is 15.3 Å². The molecule has 0 saturated carbocycles. The smallest absolute Gasteiger partial charge is 0.257 e. The van der Waals surface area contributed by atoms with Gasteiger partial charge in [-0.1, -0.05) is 59.8 Å². The van der Waals surface area contributed by atoms with E-state index in [0.29, 0.717) is 16.6 Å². The number of aryl methyl sites for hydroxylation is 1. The van der Waals surface area contributed by atoms with Gasteiger partial charge in [0.1, 0.15) is 5.82 Å². The number of carbonyl (C=O) groups is 2. The number of aromatic nitrogens is 2. The second-order valence-electron chi connectivity index (χ2n) is 7.07. The third-order valence-corrected chi connectivity index (χ3v) is 5.73. The van der Waals surface area contributed by atoms with Crippen molar-refractivity contribution in [2.75, 3.05) is 10.6 Å². The molecule has 2 heterocycles. The number of amides is 2. The van der Waals surface area contributed by atoms with Crippen LogP contribution in [0.25, 0.3) is 0 Å². The maximum Gasteiger partial charge on any atom is 0.257 e. The van der Waals surface area contributed by atoms with Crippen LogP contribution in [0, 0.1) is 6.92 Å². The summed E-state index contributed by atoms with van der Waals surface area (Å²) in [5.74, 6) is -0.891. The summed E-state index contributed by atoms with van der Waals surface area (Å²) >= 11 is 1.36. The molecule has 152 valence electrons. The van der Waals surface area contributed by atoms with Gasteiger partial charge >= 0.3 is 0 Å². The zero-order valence-corrected chi connectivity index (χ0v) is 17.1. The van der Waals surface area contributed by atoms with E-state index in [0.717, 1.165) is 11.1 Å². The Morgan fingerprint density at radius 3 is 2.60 bits per heavy atom. The van der Waals surface area contributed by atoms with E-state index in [1.807, 2.05) is 49.4 Å². The molecule has 8 heteroatoms. The van der Waals surface area contributed by atoms with Crippen LogP contribution in [0.15, 0.2) is 64.5 Å². The van der Waals surface area contributed by atoms with E-state index >= 15 is 0 Å². The van der Waals surface area contributed by atoms with Gasteiger partial charge in [0, 0.05) is 17.9 Å². The zero-order valence-electron chi connectivity index (χ0n) is 16.3. The van der Waals surface area contributed by atoms with Crippen molar-refractivity contribution in [2.45, 2.75) is 30.2 Å². The van der Waals surface area contributed by atoms with Crippen molar-refractivity contribution in [3.05, 3.63) is 81.6 Å². The Morgan fingerprint density at radius 1 is 1.13 bits per heavy atom.